The van der Waals surface area contributed by atoms with Gasteiger partial charge in [-0.05, 0) is 54.1 Å². The van der Waals surface area contributed by atoms with E-state index in [1.54, 1.807) is 75.0 Å². The van der Waals surface area contributed by atoms with Crippen molar-refractivity contribution in [1.29, 1.82) is 0 Å². The Hall–Kier alpha value is -5.84. The fourth-order valence-electron chi connectivity index (χ4n) is 4.68. The number of carbonyl (C=O) groups is 3. The number of benzene rings is 4. The first-order valence-corrected chi connectivity index (χ1v) is 14.1. The first-order chi connectivity index (χ1) is 21.8. The molecule has 5 aromatic rings. The maximum atomic E-state index is 13.9. The molecule has 1 heterocycles. The van der Waals surface area contributed by atoms with Crippen molar-refractivity contribution in [3.63, 3.8) is 0 Å². The van der Waals surface area contributed by atoms with Gasteiger partial charge < -0.3 is 20.3 Å². The Bertz CT molecular complexity index is 1770. The van der Waals surface area contributed by atoms with Crippen LogP contribution in [0.15, 0.2) is 109 Å². The molecule has 0 aliphatic heterocycles. The smallest absolute Gasteiger partial charge is 0.258 e. The fourth-order valence-corrected chi connectivity index (χ4v) is 4.68. The van der Waals surface area contributed by atoms with Gasteiger partial charge in [0.15, 0.2) is 0 Å². The summed E-state index contributed by atoms with van der Waals surface area (Å²) in [5.41, 5.74) is 3.19. The minimum Gasteiger partial charge on any atom is -0.497 e. The molecule has 10 nitrogen and oxygen atoms in total. The highest BCUT2D eigenvalue weighted by Gasteiger charge is 2.26. The van der Waals surface area contributed by atoms with Crippen LogP contribution in [-0.4, -0.2) is 52.9 Å². The number of amides is 3. The molecule has 3 amide bonds. The monoisotopic (exact) mass is 606 g/mol. The highest BCUT2D eigenvalue weighted by atomic mass is 19.1. The molecule has 0 fully saturated rings. The number of nitrogens with one attached hydrogen (secondary N) is 2. The quantitative estimate of drug-likeness (QED) is 0.224. The average molecular weight is 607 g/mol. The number of carbonyl (C=O) groups excluding carboxylic acids is 3. The van der Waals surface area contributed by atoms with Crippen LogP contribution >= 0.6 is 0 Å². The van der Waals surface area contributed by atoms with Crippen LogP contribution in [-0.2, 0) is 22.6 Å². The summed E-state index contributed by atoms with van der Waals surface area (Å²) in [5.74, 6) is -1.18. The summed E-state index contributed by atoms with van der Waals surface area (Å²) in [4.78, 5) is 40.6. The molecular formula is C34H31FN6O4. The molecule has 0 radical (unpaired) electrons. The predicted octanol–water partition coefficient (Wildman–Crippen LogP) is 4.74. The van der Waals surface area contributed by atoms with Crippen molar-refractivity contribution in [3.8, 4) is 17.0 Å². The number of likely N-dealkylation sites (N-methyl/N-ethyl adjacent to an activating group) is 1. The molecule has 1 aromatic heterocycles. The number of hydrogen-bond donors (Lipinski definition) is 2. The van der Waals surface area contributed by atoms with E-state index in [2.05, 4.69) is 20.9 Å². The molecule has 0 aliphatic rings. The van der Waals surface area contributed by atoms with Crippen LogP contribution in [0, 0.1) is 5.82 Å². The number of nitrogens with zero attached hydrogens (tertiary/aromatic N) is 4. The van der Waals surface area contributed by atoms with Gasteiger partial charge in [-0.15, -0.1) is 5.10 Å². The van der Waals surface area contributed by atoms with E-state index in [0.717, 1.165) is 5.56 Å². The molecule has 5 rings (SSSR count). The average Bonchev–Trinajstić information content (AvgIpc) is 3.53. The lowest BCUT2D eigenvalue weighted by atomic mass is 10.0. The van der Waals surface area contributed by atoms with E-state index >= 15 is 0 Å². The Morgan fingerprint density at radius 2 is 1.60 bits per heavy atom. The minimum atomic E-state index is -0.831. The molecule has 228 valence electrons. The number of halogens is 1. The van der Waals surface area contributed by atoms with Crippen LogP contribution in [0.25, 0.3) is 11.3 Å². The first kappa shape index (κ1) is 30.6. The number of rotatable bonds is 11. The van der Waals surface area contributed by atoms with Gasteiger partial charge in [0.05, 0.1) is 18.9 Å². The van der Waals surface area contributed by atoms with Crippen LogP contribution in [0.3, 0.4) is 0 Å². The first-order valence-electron chi connectivity index (χ1n) is 14.1. The predicted molar refractivity (Wildman–Crippen MR) is 168 cm³/mol. The molecule has 4 aromatic carbocycles. The van der Waals surface area contributed by atoms with Gasteiger partial charge in [-0.1, -0.05) is 59.8 Å². The summed E-state index contributed by atoms with van der Waals surface area (Å²) in [7, 11) is 3.23. The highest BCUT2D eigenvalue weighted by Crippen LogP contribution is 2.21. The molecular weight excluding hydrogens is 575 g/mol. The van der Waals surface area contributed by atoms with E-state index in [0.29, 0.717) is 34.8 Å². The number of methoxy groups -OCH3 is 1. The van der Waals surface area contributed by atoms with Gasteiger partial charge in [-0.25, -0.2) is 9.07 Å². The highest BCUT2D eigenvalue weighted by molar-refractivity contribution is 6.04. The van der Waals surface area contributed by atoms with Crippen molar-refractivity contribution >= 4 is 29.1 Å². The Labute approximate surface area is 259 Å². The summed E-state index contributed by atoms with van der Waals surface area (Å²) >= 11 is 0. The van der Waals surface area contributed by atoms with E-state index < -0.39 is 23.7 Å². The van der Waals surface area contributed by atoms with Crippen LogP contribution in [0.4, 0.5) is 15.8 Å². The molecule has 2 N–H and O–H groups in total. The van der Waals surface area contributed by atoms with Gasteiger partial charge in [0.25, 0.3) is 5.91 Å². The zero-order valence-electron chi connectivity index (χ0n) is 24.7. The van der Waals surface area contributed by atoms with E-state index in [1.165, 1.54) is 27.8 Å². The largest absolute Gasteiger partial charge is 0.497 e. The summed E-state index contributed by atoms with van der Waals surface area (Å²) in [6, 6.07) is 28.2. The molecule has 0 saturated heterocycles. The normalized spacial score (nSPS) is 11.4. The third kappa shape index (κ3) is 7.77. The molecule has 0 saturated carbocycles. The summed E-state index contributed by atoms with van der Waals surface area (Å²) < 4.78 is 20.5. The van der Waals surface area contributed by atoms with E-state index in [1.807, 2.05) is 30.3 Å². The molecule has 0 spiro atoms. The third-order valence-corrected chi connectivity index (χ3v) is 7.11. The maximum absolute atomic E-state index is 13.9. The molecule has 11 heteroatoms. The van der Waals surface area contributed by atoms with Crippen LogP contribution in [0.2, 0.25) is 0 Å². The second kappa shape index (κ2) is 14.1. The van der Waals surface area contributed by atoms with Crippen LogP contribution in [0.5, 0.6) is 5.75 Å². The van der Waals surface area contributed by atoms with Crippen molar-refractivity contribution in [3.05, 3.63) is 126 Å². The van der Waals surface area contributed by atoms with Gasteiger partial charge in [0.1, 0.15) is 29.8 Å². The lowest BCUT2D eigenvalue weighted by Gasteiger charge is -2.25. The topological polar surface area (TPSA) is 118 Å². The fraction of sp³-hybridized carbons (Fsp3) is 0.147. The van der Waals surface area contributed by atoms with Crippen molar-refractivity contribution in [2.75, 3.05) is 24.4 Å². The maximum Gasteiger partial charge on any atom is 0.258 e. The minimum absolute atomic E-state index is 0.0529. The van der Waals surface area contributed by atoms with Gasteiger partial charge in [0.2, 0.25) is 11.8 Å². The molecule has 1 unspecified atom stereocenters. The van der Waals surface area contributed by atoms with Crippen molar-refractivity contribution in [2.24, 2.45) is 0 Å². The Kier molecular flexibility index (Phi) is 9.58. The van der Waals surface area contributed by atoms with E-state index in [-0.39, 0.29) is 18.0 Å². The van der Waals surface area contributed by atoms with Gasteiger partial charge in [-0.3, -0.25) is 14.4 Å². The van der Waals surface area contributed by atoms with Crippen molar-refractivity contribution in [1.82, 2.24) is 20.3 Å². The summed E-state index contributed by atoms with van der Waals surface area (Å²) in [6.07, 6.45) is 1.92. The van der Waals surface area contributed by atoms with Crippen LogP contribution < -0.4 is 20.3 Å². The van der Waals surface area contributed by atoms with Crippen LogP contribution in [0.1, 0.15) is 15.9 Å². The van der Waals surface area contributed by atoms with Crippen molar-refractivity contribution in [2.45, 2.75) is 19.0 Å². The zero-order valence-corrected chi connectivity index (χ0v) is 24.7. The summed E-state index contributed by atoms with van der Waals surface area (Å²) in [6.45, 7) is -0.158. The second-order valence-electron chi connectivity index (χ2n) is 10.2. The standard InChI is InChI=1S/C34H31FN6O4/c1-40(26-16-18-27(45-2)19-17-26)34(44)30(20-23-8-4-3-5-9-23)37-32(42)22-41-21-31(38-39-41)24-12-14-25(15-13-24)36-33(43)28-10-6-7-11-29(28)35/h3-19,21,30H,20,22H2,1-2H3,(H,36,43)(H,37,42). The molecule has 0 bridgehead atoms. The lowest BCUT2D eigenvalue weighted by molar-refractivity contribution is -0.127. The van der Waals surface area contributed by atoms with Crippen molar-refractivity contribution < 1.29 is 23.5 Å². The van der Waals surface area contributed by atoms with Gasteiger partial charge in [-0.2, -0.15) is 0 Å². The van der Waals surface area contributed by atoms with Gasteiger partial charge >= 0.3 is 0 Å². The van der Waals surface area contributed by atoms with E-state index in [9.17, 15) is 18.8 Å². The second-order valence-corrected chi connectivity index (χ2v) is 10.2. The Balaban J connectivity index is 1.24. The van der Waals surface area contributed by atoms with E-state index in [4.69, 9.17) is 4.74 Å². The molecule has 1 atom stereocenters. The number of ether oxygens (including phenoxy) is 1. The number of hydrogen-bond acceptors (Lipinski definition) is 6. The SMILES string of the molecule is COc1ccc(N(C)C(=O)C(Cc2ccccc2)NC(=O)Cn2cc(-c3ccc(NC(=O)c4ccccc4F)cc3)nn2)cc1. The third-order valence-electron chi connectivity index (χ3n) is 7.11. The molecule has 45 heavy (non-hydrogen) atoms. The Morgan fingerprint density at radius 3 is 2.29 bits per heavy atom. The number of aromatic nitrogens is 3. The summed E-state index contributed by atoms with van der Waals surface area (Å²) in [5, 5.41) is 13.8. The zero-order chi connectivity index (χ0) is 31.8. The lowest BCUT2D eigenvalue weighted by Crippen LogP contribution is -2.49. The molecule has 0 aliphatic carbocycles. The van der Waals surface area contributed by atoms with Gasteiger partial charge in [0, 0.05) is 30.4 Å². The number of anilines is 2. The Morgan fingerprint density at radius 1 is 0.911 bits per heavy atom.